The lowest BCUT2D eigenvalue weighted by molar-refractivity contribution is 0.400. The van der Waals surface area contributed by atoms with E-state index in [0.717, 1.165) is 72.6 Å². The van der Waals surface area contributed by atoms with E-state index in [9.17, 15) is 0 Å². The van der Waals surface area contributed by atoms with Gasteiger partial charge in [-0.15, -0.1) is 0 Å². The Bertz CT molecular complexity index is 1190. The first-order chi connectivity index (χ1) is 16.2. The van der Waals surface area contributed by atoms with Crippen molar-refractivity contribution < 1.29 is 4.74 Å². The van der Waals surface area contributed by atoms with Crippen molar-refractivity contribution in [3.8, 4) is 22.7 Å². The van der Waals surface area contributed by atoms with Gasteiger partial charge >= 0.3 is 0 Å². The van der Waals surface area contributed by atoms with Gasteiger partial charge in [0.2, 0.25) is 5.95 Å². The van der Waals surface area contributed by atoms with E-state index >= 15 is 0 Å². The van der Waals surface area contributed by atoms with Crippen LogP contribution in [0.15, 0.2) is 73.1 Å². The molecule has 1 fully saturated rings. The molecule has 6 nitrogen and oxygen atoms in total. The highest BCUT2D eigenvalue weighted by atomic mass is 16.5. The van der Waals surface area contributed by atoms with Gasteiger partial charge in [0.15, 0.2) is 0 Å². The summed E-state index contributed by atoms with van der Waals surface area (Å²) in [6.07, 6.45) is 7.38. The molecule has 2 aromatic carbocycles. The molecule has 3 heterocycles. The van der Waals surface area contributed by atoms with Crippen LogP contribution in [0.5, 0.6) is 5.75 Å². The lowest BCUT2D eigenvalue weighted by Crippen LogP contribution is -2.35. The van der Waals surface area contributed by atoms with E-state index in [-0.39, 0.29) is 0 Å². The molecule has 0 radical (unpaired) electrons. The van der Waals surface area contributed by atoms with Gasteiger partial charge < -0.3 is 9.64 Å². The van der Waals surface area contributed by atoms with E-state index in [1.54, 1.807) is 7.11 Å². The number of ether oxygens (including phenoxy) is 1. The molecule has 1 aliphatic rings. The van der Waals surface area contributed by atoms with Gasteiger partial charge in [-0.2, -0.15) is 5.10 Å². The summed E-state index contributed by atoms with van der Waals surface area (Å²) >= 11 is 0. The van der Waals surface area contributed by atoms with Crippen LogP contribution in [0.4, 0.5) is 5.95 Å². The molecule has 0 N–H and O–H groups in total. The zero-order valence-corrected chi connectivity index (χ0v) is 19.2. The van der Waals surface area contributed by atoms with Crippen molar-refractivity contribution in [1.29, 1.82) is 0 Å². The molecule has 0 saturated carbocycles. The summed E-state index contributed by atoms with van der Waals surface area (Å²) in [5.41, 5.74) is 5.28. The third kappa shape index (κ3) is 4.75. The quantitative estimate of drug-likeness (QED) is 0.418. The molecule has 0 atom stereocenters. The van der Waals surface area contributed by atoms with Gasteiger partial charge in [0.1, 0.15) is 5.75 Å². The van der Waals surface area contributed by atoms with Gasteiger partial charge in [0.25, 0.3) is 0 Å². The normalized spacial score (nSPS) is 14.4. The first kappa shape index (κ1) is 21.2. The number of hydrogen-bond acceptors (Lipinski definition) is 5. The number of benzene rings is 2. The topological polar surface area (TPSA) is 56.1 Å². The molecule has 33 heavy (non-hydrogen) atoms. The van der Waals surface area contributed by atoms with Gasteiger partial charge in [-0.05, 0) is 68.0 Å². The monoisotopic (exact) mass is 439 g/mol. The van der Waals surface area contributed by atoms with Crippen molar-refractivity contribution >= 4 is 5.95 Å². The van der Waals surface area contributed by atoms with Crippen molar-refractivity contribution in [3.63, 3.8) is 0 Å². The third-order valence-electron chi connectivity index (χ3n) is 6.42. The number of anilines is 1. The van der Waals surface area contributed by atoms with Crippen LogP contribution in [0.2, 0.25) is 0 Å². The van der Waals surface area contributed by atoms with Gasteiger partial charge in [-0.3, -0.25) is 0 Å². The molecule has 4 aromatic rings. The molecule has 0 amide bonds. The fourth-order valence-corrected chi connectivity index (χ4v) is 4.51. The second kappa shape index (κ2) is 9.45. The van der Waals surface area contributed by atoms with Crippen LogP contribution >= 0.6 is 0 Å². The molecular weight excluding hydrogens is 410 g/mol. The predicted octanol–water partition coefficient (Wildman–Crippen LogP) is 5.11. The van der Waals surface area contributed by atoms with Crippen LogP contribution in [-0.4, -0.2) is 39.9 Å². The Balaban J connectivity index is 1.29. The molecular formula is C27H29N5O. The van der Waals surface area contributed by atoms with Crippen molar-refractivity contribution in [2.24, 2.45) is 5.92 Å². The van der Waals surface area contributed by atoms with E-state index in [1.807, 2.05) is 54.3 Å². The average molecular weight is 440 g/mol. The summed E-state index contributed by atoms with van der Waals surface area (Å²) < 4.78 is 7.15. The molecule has 1 saturated heterocycles. The molecule has 0 spiro atoms. The minimum absolute atomic E-state index is 0.719. The molecule has 0 unspecified atom stereocenters. The summed E-state index contributed by atoms with van der Waals surface area (Å²) in [6.45, 7) is 4.00. The van der Waals surface area contributed by atoms with Gasteiger partial charge in [0.05, 0.1) is 24.2 Å². The summed E-state index contributed by atoms with van der Waals surface area (Å²) in [5.74, 6) is 2.36. The van der Waals surface area contributed by atoms with Crippen LogP contribution in [0.25, 0.3) is 16.9 Å². The first-order valence-electron chi connectivity index (χ1n) is 11.5. The summed E-state index contributed by atoms with van der Waals surface area (Å²) in [4.78, 5) is 11.8. The van der Waals surface area contributed by atoms with Gasteiger partial charge in [0, 0.05) is 31.0 Å². The third-order valence-corrected chi connectivity index (χ3v) is 6.42. The van der Waals surface area contributed by atoms with Gasteiger partial charge in [-0.25, -0.2) is 14.6 Å². The largest absolute Gasteiger partial charge is 0.497 e. The molecule has 168 valence electrons. The van der Waals surface area contributed by atoms with E-state index in [4.69, 9.17) is 14.8 Å². The minimum Gasteiger partial charge on any atom is -0.497 e. The van der Waals surface area contributed by atoms with Crippen molar-refractivity contribution in [3.05, 3.63) is 84.3 Å². The van der Waals surface area contributed by atoms with Crippen LogP contribution in [0, 0.1) is 12.8 Å². The predicted molar refractivity (Wildman–Crippen MR) is 131 cm³/mol. The maximum Gasteiger partial charge on any atom is 0.225 e. The lowest BCUT2D eigenvalue weighted by atomic mass is 9.90. The van der Waals surface area contributed by atoms with Crippen molar-refractivity contribution in [1.82, 2.24) is 19.7 Å². The summed E-state index contributed by atoms with van der Waals surface area (Å²) in [6, 6.07) is 20.6. The van der Waals surface area contributed by atoms with Gasteiger partial charge in [-0.1, -0.05) is 30.3 Å². The molecule has 0 aliphatic carbocycles. The fraction of sp³-hybridized carbons (Fsp3) is 0.296. The number of aromatic nitrogens is 4. The SMILES string of the molecule is COc1ccc(-n2cc(-c3ccnc(N4CCC(Cc5ccccc5)CC4)n3)c(C)n2)cc1. The van der Waals surface area contributed by atoms with E-state index in [1.165, 1.54) is 5.56 Å². The molecule has 2 aromatic heterocycles. The summed E-state index contributed by atoms with van der Waals surface area (Å²) in [7, 11) is 1.67. The standard InChI is InChI=1S/C27H29N5O/c1-20-25(19-32(30-20)23-8-10-24(33-2)11-9-23)26-12-15-28-27(29-26)31-16-13-22(14-17-31)18-21-6-4-3-5-7-21/h3-12,15,19,22H,13-14,16-18H2,1-2H3. The number of rotatable bonds is 6. The van der Waals surface area contributed by atoms with Crippen LogP contribution < -0.4 is 9.64 Å². The van der Waals surface area contributed by atoms with Crippen molar-refractivity contribution in [2.45, 2.75) is 26.2 Å². The molecule has 5 rings (SSSR count). The minimum atomic E-state index is 0.719. The maximum absolute atomic E-state index is 5.26. The highest BCUT2D eigenvalue weighted by Gasteiger charge is 2.22. The lowest BCUT2D eigenvalue weighted by Gasteiger charge is -2.32. The zero-order chi connectivity index (χ0) is 22.6. The second-order valence-corrected chi connectivity index (χ2v) is 8.63. The number of methoxy groups -OCH3 is 1. The first-order valence-corrected chi connectivity index (χ1v) is 11.5. The number of aryl methyl sites for hydroxylation is 1. The Labute approximate surface area is 194 Å². The van der Waals surface area contributed by atoms with Crippen molar-refractivity contribution in [2.75, 3.05) is 25.1 Å². The maximum atomic E-state index is 5.26. The highest BCUT2D eigenvalue weighted by molar-refractivity contribution is 5.62. The van der Waals surface area contributed by atoms with Crippen LogP contribution in [0.1, 0.15) is 24.1 Å². The Morgan fingerprint density at radius 3 is 2.45 bits per heavy atom. The molecule has 0 bridgehead atoms. The van der Waals surface area contributed by atoms with E-state index < -0.39 is 0 Å². The summed E-state index contributed by atoms with van der Waals surface area (Å²) in [5, 5.41) is 4.71. The number of nitrogens with zero attached hydrogens (tertiary/aromatic N) is 5. The van der Waals surface area contributed by atoms with Crippen LogP contribution in [-0.2, 0) is 6.42 Å². The Hall–Kier alpha value is -3.67. The zero-order valence-electron chi connectivity index (χ0n) is 19.2. The number of piperidine rings is 1. The smallest absolute Gasteiger partial charge is 0.225 e. The molecule has 6 heteroatoms. The highest BCUT2D eigenvalue weighted by Crippen LogP contribution is 2.27. The molecule has 1 aliphatic heterocycles. The number of hydrogen-bond donors (Lipinski definition) is 0. The van der Waals surface area contributed by atoms with Crippen LogP contribution in [0.3, 0.4) is 0 Å². The Kier molecular flexibility index (Phi) is 6.07. The Morgan fingerprint density at radius 1 is 0.970 bits per heavy atom. The second-order valence-electron chi connectivity index (χ2n) is 8.63. The Morgan fingerprint density at radius 2 is 1.73 bits per heavy atom. The average Bonchev–Trinajstić information content (AvgIpc) is 3.27. The van der Waals surface area contributed by atoms with E-state index in [0.29, 0.717) is 0 Å². The van der Waals surface area contributed by atoms with E-state index in [2.05, 4.69) is 40.2 Å². The fourth-order valence-electron chi connectivity index (χ4n) is 4.51.